The lowest BCUT2D eigenvalue weighted by Gasteiger charge is -2.65. The molecule has 35 heavy (non-hydrogen) atoms. The molecular weight excluding hydrogens is 456 g/mol. The molecule has 2 saturated heterocycles. The minimum Gasteiger partial charge on any atom is -0.481 e. The van der Waals surface area contributed by atoms with Crippen LogP contribution in [0.15, 0.2) is 48.8 Å². The molecule has 0 aliphatic carbocycles. The third-order valence-electron chi connectivity index (χ3n) is 7.50. The lowest BCUT2D eigenvalue weighted by molar-refractivity contribution is -0.268. The summed E-state index contributed by atoms with van der Waals surface area (Å²) in [6, 6.07) is 7.99. The summed E-state index contributed by atoms with van der Waals surface area (Å²) in [5, 5.41) is 33.2. The van der Waals surface area contributed by atoms with Gasteiger partial charge >= 0.3 is 11.9 Å². The van der Waals surface area contributed by atoms with Gasteiger partial charge in [0.15, 0.2) is 5.72 Å². The Hall–Kier alpha value is -3.41. The van der Waals surface area contributed by atoms with Gasteiger partial charge in [-0.3, -0.25) is 34.2 Å². The average molecular weight is 485 g/mol. The van der Waals surface area contributed by atoms with Crippen molar-refractivity contribution in [2.24, 2.45) is 10.8 Å². The number of aliphatic hydroxyl groups is 1. The Balaban J connectivity index is 2.06. The number of carboxylic acids is 2. The third-order valence-corrected chi connectivity index (χ3v) is 7.50. The Bertz CT molecular complexity index is 1040. The molecule has 11 nitrogen and oxygen atoms in total. The zero-order valence-electron chi connectivity index (χ0n) is 19.6. The van der Waals surface area contributed by atoms with Crippen molar-refractivity contribution < 1.29 is 34.4 Å². The first-order valence-corrected chi connectivity index (χ1v) is 11.1. The lowest BCUT2D eigenvalue weighted by atomic mass is 9.53. The topological polar surface area (TPSA) is 153 Å². The van der Waals surface area contributed by atoms with E-state index in [1.54, 1.807) is 62.2 Å². The molecular formula is C24H28N4O7. The van der Waals surface area contributed by atoms with Gasteiger partial charge in [-0.25, -0.2) is 0 Å². The fraction of sp³-hybridized carbons (Fsp3) is 0.458. The van der Waals surface area contributed by atoms with Gasteiger partial charge in [0.05, 0.1) is 29.6 Å². The predicted molar refractivity (Wildman–Crippen MR) is 121 cm³/mol. The van der Waals surface area contributed by atoms with E-state index in [9.17, 15) is 29.7 Å². The highest BCUT2D eigenvalue weighted by Gasteiger charge is 2.75. The molecule has 0 spiro atoms. The van der Waals surface area contributed by atoms with E-state index < -0.39 is 46.7 Å². The van der Waals surface area contributed by atoms with Crippen molar-refractivity contribution >= 4 is 18.4 Å². The highest BCUT2D eigenvalue weighted by molar-refractivity contribution is 5.84. The summed E-state index contributed by atoms with van der Waals surface area (Å²) in [4.78, 5) is 49.4. The van der Waals surface area contributed by atoms with E-state index in [1.165, 1.54) is 17.3 Å². The van der Waals surface area contributed by atoms with Crippen molar-refractivity contribution in [2.45, 2.75) is 37.8 Å². The van der Waals surface area contributed by atoms with Crippen molar-refractivity contribution in [1.29, 1.82) is 0 Å². The molecule has 2 aliphatic heterocycles. The van der Waals surface area contributed by atoms with Crippen LogP contribution in [0.5, 0.6) is 0 Å². The van der Waals surface area contributed by atoms with Crippen LogP contribution in [0.1, 0.15) is 37.3 Å². The molecule has 2 aromatic rings. The number of fused-ring (bicyclic) bond motifs is 2. The van der Waals surface area contributed by atoms with E-state index in [2.05, 4.69) is 9.97 Å². The summed E-state index contributed by atoms with van der Waals surface area (Å²) in [6.45, 7) is 2.75. The van der Waals surface area contributed by atoms with Crippen LogP contribution < -0.4 is 0 Å². The number of hydrogen-bond acceptors (Lipinski definition) is 9. The van der Waals surface area contributed by atoms with Crippen LogP contribution in [-0.2, 0) is 19.1 Å². The van der Waals surface area contributed by atoms with Crippen molar-refractivity contribution in [3.63, 3.8) is 0 Å². The van der Waals surface area contributed by atoms with Gasteiger partial charge in [0.1, 0.15) is 10.8 Å². The van der Waals surface area contributed by atoms with Crippen LogP contribution in [0.3, 0.4) is 0 Å². The minimum atomic E-state index is -2.03. The van der Waals surface area contributed by atoms with Crippen molar-refractivity contribution in [3.05, 3.63) is 60.2 Å². The second-order valence-corrected chi connectivity index (χ2v) is 9.59. The van der Waals surface area contributed by atoms with Gasteiger partial charge in [0.2, 0.25) is 0 Å². The number of carbonyl (C=O) groups excluding carboxylic acids is 1. The van der Waals surface area contributed by atoms with Gasteiger partial charge in [-0.05, 0) is 45.2 Å². The first-order chi connectivity index (χ1) is 16.5. The Labute approximate surface area is 202 Å². The van der Waals surface area contributed by atoms with E-state index in [4.69, 9.17) is 4.74 Å². The predicted octanol–water partition coefficient (Wildman–Crippen LogP) is 0.932. The number of piperidine rings is 2. The standard InChI is InChI=1S/C24H28N4O7/c1-22(2,35-14-29)28-12-23(20(31)32)17(15-8-4-6-10-25-15)27(3)18(16-9-5-7-11-26-16)24(13-28,19(23)30)21(33)34/h4-11,14,17-19,30H,12-13H2,1-3H3,(H,31,32)(H,33,34)/t17-,18+,19?,23?,24?. The van der Waals surface area contributed by atoms with E-state index in [1.807, 2.05) is 0 Å². The SMILES string of the molecule is CN1[C@@H](c2ccccn2)C2(C(=O)O)CN(C(C)(C)OC=O)CC(C(=O)O)(C2O)[C@H]1c1ccccn1. The van der Waals surface area contributed by atoms with Crippen molar-refractivity contribution in [2.75, 3.05) is 20.1 Å². The number of aromatic nitrogens is 2. The number of likely N-dealkylation sites (tertiary alicyclic amines) is 2. The molecule has 3 unspecified atom stereocenters. The summed E-state index contributed by atoms with van der Waals surface area (Å²) in [6.07, 6.45) is 1.20. The van der Waals surface area contributed by atoms with Gasteiger partial charge in [-0.15, -0.1) is 0 Å². The number of carboxylic acid groups (broad SMARTS) is 2. The van der Waals surface area contributed by atoms with E-state index >= 15 is 0 Å². The number of pyridine rings is 2. The number of carbonyl (C=O) groups is 3. The van der Waals surface area contributed by atoms with Gasteiger partial charge in [0, 0.05) is 25.5 Å². The van der Waals surface area contributed by atoms with E-state index in [-0.39, 0.29) is 19.6 Å². The van der Waals surface area contributed by atoms with Crippen LogP contribution in [0.2, 0.25) is 0 Å². The average Bonchev–Trinajstić information content (AvgIpc) is 2.81. The minimum absolute atomic E-state index is 0.236. The van der Waals surface area contributed by atoms with Gasteiger partial charge < -0.3 is 20.1 Å². The number of ether oxygens (including phenoxy) is 1. The fourth-order valence-electron chi connectivity index (χ4n) is 5.86. The fourth-order valence-corrected chi connectivity index (χ4v) is 5.86. The first kappa shape index (κ1) is 24.7. The molecule has 4 rings (SSSR count). The Kier molecular flexibility index (Phi) is 6.12. The number of aliphatic carboxylic acids is 2. The quantitative estimate of drug-likeness (QED) is 0.481. The zero-order chi connectivity index (χ0) is 25.6. The Morgan fingerprint density at radius 1 is 1.00 bits per heavy atom. The van der Waals surface area contributed by atoms with Crippen LogP contribution in [0.25, 0.3) is 0 Å². The monoisotopic (exact) mass is 484 g/mol. The molecule has 4 heterocycles. The number of hydrogen-bond donors (Lipinski definition) is 3. The first-order valence-electron chi connectivity index (χ1n) is 11.1. The molecule has 11 heteroatoms. The second-order valence-electron chi connectivity index (χ2n) is 9.59. The summed E-state index contributed by atoms with van der Waals surface area (Å²) < 4.78 is 5.26. The lowest BCUT2D eigenvalue weighted by Crippen LogP contribution is -2.78. The Morgan fingerprint density at radius 3 is 1.80 bits per heavy atom. The normalized spacial score (nSPS) is 31.5. The highest BCUT2D eigenvalue weighted by atomic mass is 16.6. The molecule has 3 N–H and O–H groups in total. The maximum atomic E-state index is 13.1. The molecule has 5 atom stereocenters. The molecule has 186 valence electrons. The van der Waals surface area contributed by atoms with Gasteiger partial charge in [-0.1, -0.05) is 12.1 Å². The maximum Gasteiger partial charge on any atom is 0.315 e. The number of aliphatic hydroxyl groups excluding tert-OH is 1. The van der Waals surface area contributed by atoms with Gasteiger partial charge in [-0.2, -0.15) is 0 Å². The number of rotatable bonds is 7. The van der Waals surface area contributed by atoms with Crippen molar-refractivity contribution in [1.82, 2.24) is 19.8 Å². The van der Waals surface area contributed by atoms with E-state index in [0.717, 1.165) is 0 Å². The summed E-state index contributed by atoms with van der Waals surface area (Å²) in [5.74, 6) is -2.77. The molecule has 0 radical (unpaired) electrons. The van der Waals surface area contributed by atoms with Gasteiger partial charge in [0.25, 0.3) is 6.47 Å². The number of nitrogens with zero attached hydrogens (tertiary/aromatic N) is 4. The summed E-state index contributed by atoms with van der Waals surface area (Å²) in [5.41, 5.74) is -4.72. The molecule has 2 aliphatic rings. The molecule has 0 amide bonds. The van der Waals surface area contributed by atoms with Crippen LogP contribution in [-0.4, -0.2) is 85.5 Å². The molecule has 0 saturated carbocycles. The third kappa shape index (κ3) is 3.49. The summed E-state index contributed by atoms with van der Waals surface area (Å²) >= 11 is 0. The maximum absolute atomic E-state index is 13.1. The molecule has 0 aromatic carbocycles. The molecule has 2 bridgehead atoms. The largest absolute Gasteiger partial charge is 0.481 e. The van der Waals surface area contributed by atoms with E-state index in [0.29, 0.717) is 11.4 Å². The van der Waals surface area contributed by atoms with Crippen LogP contribution in [0.4, 0.5) is 0 Å². The molecule has 2 aromatic heterocycles. The Morgan fingerprint density at radius 2 is 1.46 bits per heavy atom. The van der Waals surface area contributed by atoms with Crippen LogP contribution in [0, 0.1) is 10.8 Å². The highest BCUT2D eigenvalue weighted by Crippen LogP contribution is 2.62. The zero-order valence-corrected chi connectivity index (χ0v) is 19.6. The smallest absolute Gasteiger partial charge is 0.315 e. The van der Waals surface area contributed by atoms with Crippen molar-refractivity contribution in [3.8, 4) is 0 Å². The summed E-state index contributed by atoms with van der Waals surface area (Å²) in [7, 11) is 1.63. The molecule has 2 fully saturated rings. The van der Waals surface area contributed by atoms with Crippen LogP contribution >= 0.6 is 0 Å². The second kappa shape index (κ2) is 8.67.